The summed E-state index contributed by atoms with van der Waals surface area (Å²) in [6.45, 7) is 2.01. The number of hydrogen-bond acceptors (Lipinski definition) is 1. The summed E-state index contributed by atoms with van der Waals surface area (Å²) in [7, 11) is 0. The van der Waals surface area contributed by atoms with Crippen molar-refractivity contribution < 1.29 is 4.79 Å². The molecule has 1 amide bonds. The Balaban J connectivity index is 1.61. The first-order chi connectivity index (χ1) is 10.4. The van der Waals surface area contributed by atoms with Gasteiger partial charge in [-0.2, -0.15) is 0 Å². The van der Waals surface area contributed by atoms with Crippen LogP contribution in [-0.4, -0.2) is 10.2 Å². The third-order valence-corrected chi connectivity index (χ3v) is 7.08. The average Bonchev–Trinajstić information content (AvgIpc) is 2.40. The molecule has 4 aliphatic rings. The molecular formula is C18H21BrClNO. The molecule has 2 unspecified atom stereocenters. The number of anilines is 1. The van der Waals surface area contributed by atoms with Gasteiger partial charge in [-0.1, -0.05) is 33.6 Å². The molecule has 22 heavy (non-hydrogen) atoms. The lowest BCUT2D eigenvalue weighted by Gasteiger charge is -2.59. The lowest BCUT2D eigenvalue weighted by Crippen LogP contribution is -2.57. The lowest BCUT2D eigenvalue weighted by molar-refractivity contribution is -0.138. The van der Waals surface area contributed by atoms with Gasteiger partial charge in [0.2, 0.25) is 5.91 Å². The SMILES string of the molecule is Cc1ccc(Cl)cc1NC(=O)C12C[C@@H]3C[C@@H](CC(Br)(C3)C1)C2. The van der Waals surface area contributed by atoms with Crippen molar-refractivity contribution in [2.24, 2.45) is 17.3 Å². The fraction of sp³-hybridized carbons (Fsp3) is 0.611. The van der Waals surface area contributed by atoms with Crippen molar-refractivity contribution in [1.82, 2.24) is 0 Å². The number of nitrogens with one attached hydrogen (secondary N) is 1. The highest BCUT2D eigenvalue weighted by Gasteiger charge is 2.59. The van der Waals surface area contributed by atoms with E-state index >= 15 is 0 Å². The molecule has 0 saturated heterocycles. The normalized spacial score (nSPS) is 39.0. The van der Waals surface area contributed by atoms with Crippen molar-refractivity contribution in [1.29, 1.82) is 0 Å². The van der Waals surface area contributed by atoms with E-state index in [1.54, 1.807) is 0 Å². The molecule has 1 N–H and O–H groups in total. The van der Waals surface area contributed by atoms with Gasteiger partial charge in [0.1, 0.15) is 0 Å². The zero-order valence-corrected chi connectivity index (χ0v) is 15.1. The number of amides is 1. The van der Waals surface area contributed by atoms with Crippen LogP contribution in [0.5, 0.6) is 0 Å². The number of aryl methyl sites for hydroxylation is 1. The number of benzene rings is 1. The Morgan fingerprint density at radius 1 is 1.27 bits per heavy atom. The quantitative estimate of drug-likeness (QED) is 0.689. The molecule has 118 valence electrons. The van der Waals surface area contributed by atoms with Gasteiger partial charge in [0.05, 0.1) is 5.41 Å². The van der Waals surface area contributed by atoms with Gasteiger partial charge in [-0.25, -0.2) is 0 Å². The lowest BCUT2D eigenvalue weighted by atomic mass is 9.49. The van der Waals surface area contributed by atoms with Gasteiger partial charge in [0.15, 0.2) is 0 Å². The smallest absolute Gasteiger partial charge is 0.230 e. The Kier molecular flexibility index (Phi) is 3.40. The first kappa shape index (κ1) is 15.0. The number of alkyl halides is 1. The van der Waals surface area contributed by atoms with Crippen molar-refractivity contribution in [3.63, 3.8) is 0 Å². The van der Waals surface area contributed by atoms with Crippen LogP contribution in [0.3, 0.4) is 0 Å². The second kappa shape index (κ2) is 4.98. The van der Waals surface area contributed by atoms with E-state index in [0.29, 0.717) is 16.9 Å². The molecule has 2 nitrogen and oxygen atoms in total. The maximum atomic E-state index is 13.1. The van der Waals surface area contributed by atoms with Crippen molar-refractivity contribution >= 4 is 39.1 Å². The monoisotopic (exact) mass is 381 g/mol. The van der Waals surface area contributed by atoms with Gasteiger partial charge >= 0.3 is 0 Å². The van der Waals surface area contributed by atoms with E-state index in [2.05, 4.69) is 21.2 Å². The van der Waals surface area contributed by atoms with Gasteiger partial charge in [-0.3, -0.25) is 4.79 Å². The Hall–Kier alpha value is -0.540. The highest BCUT2D eigenvalue weighted by atomic mass is 79.9. The number of rotatable bonds is 2. The van der Waals surface area contributed by atoms with E-state index in [4.69, 9.17) is 11.6 Å². The number of carbonyl (C=O) groups is 1. The molecule has 1 aromatic carbocycles. The first-order valence-corrected chi connectivity index (χ1v) is 9.31. The summed E-state index contributed by atoms with van der Waals surface area (Å²) in [5, 5.41) is 3.85. The minimum atomic E-state index is -0.178. The predicted octanol–water partition coefficient (Wildman–Crippen LogP) is 5.32. The molecule has 1 aromatic rings. The summed E-state index contributed by atoms with van der Waals surface area (Å²) in [6, 6.07) is 5.69. The Morgan fingerprint density at radius 3 is 2.59 bits per heavy atom. The van der Waals surface area contributed by atoms with Crippen LogP contribution in [0.25, 0.3) is 0 Å². The summed E-state index contributed by atoms with van der Waals surface area (Å²) in [6.07, 6.45) is 6.91. The van der Waals surface area contributed by atoms with E-state index in [1.165, 1.54) is 19.3 Å². The molecular weight excluding hydrogens is 362 g/mol. The molecule has 5 rings (SSSR count). The molecule has 4 saturated carbocycles. The van der Waals surface area contributed by atoms with E-state index in [1.807, 2.05) is 25.1 Å². The molecule has 4 fully saturated rings. The number of carbonyl (C=O) groups excluding carboxylic acids is 1. The fourth-order valence-electron chi connectivity index (χ4n) is 5.40. The summed E-state index contributed by atoms with van der Waals surface area (Å²) < 4.78 is 0.206. The van der Waals surface area contributed by atoms with E-state index in [0.717, 1.165) is 30.5 Å². The molecule has 0 aliphatic heterocycles. The van der Waals surface area contributed by atoms with Gasteiger partial charge in [0.25, 0.3) is 0 Å². The van der Waals surface area contributed by atoms with Crippen LogP contribution in [0.15, 0.2) is 18.2 Å². The maximum Gasteiger partial charge on any atom is 0.230 e. The zero-order valence-electron chi connectivity index (χ0n) is 12.8. The van der Waals surface area contributed by atoms with Crippen molar-refractivity contribution in [3.8, 4) is 0 Å². The van der Waals surface area contributed by atoms with Crippen LogP contribution >= 0.6 is 27.5 Å². The van der Waals surface area contributed by atoms with Crippen LogP contribution in [0, 0.1) is 24.2 Å². The summed E-state index contributed by atoms with van der Waals surface area (Å²) in [5.74, 6) is 1.63. The van der Waals surface area contributed by atoms with Gasteiger partial charge in [-0.05, 0) is 75.0 Å². The Bertz CT molecular complexity index is 630. The molecule has 0 radical (unpaired) electrons. The van der Waals surface area contributed by atoms with E-state index < -0.39 is 0 Å². The van der Waals surface area contributed by atoms with Gasteiger partial charge < -0.3 is 5.32 Å². The van der Waals surface area contributed by atoms with Crippen LogP contribution in [0.4, 0.5) is 5.69 Å². The Morgan fingerprint density at radius 2 is 1.95 bits per heavy atom. The molecule has 4 bridgehead atoms. The largest absolute Gasteiger partial charge is 0.325 e. The third-order valence-electron chi connectivity index (χ3n) is 5.92. The molecule has 4 heteroatoms. The van der Waals surface area contributed by atoms with Gasteiger partial charge in [0, 0.05) is 15.0 Å². The minimum absolute atomic E-state index is 0.178. The van der Waals surface area contributed by atoms with Crippen LogP contribution < -0.4 is 5.32 Å². The van der Waals surface area contributed by atoms with Crippen LogP contribution in [-0.2, 0) is 4.79 Å². The maximum absolute atomic E-state index is 13.1. The van der Waals surface area contributed by atoms with Crippen LogP contribution in [0.1, 0.15) is 44.1 Å². The summed E-state index contributed by atoms with van der Waals surface area (Å²) in [4.78, 5) is 13.1. The van der Waals surface area contributed by atoms with Crippen molar-refractivity contribution in [2.45, 2.75) is 49.8 Å². The topological polar surface area (TPSA) is 29.1 Å². The zero-order chi connectivity index (χ0) is 15.5. The third kappa shape index (κ3) is 2.41. The molecule has 0 heterocycles. The van der Waals surface area contributed by atoms with Crippen LogP contribution in [0.2, 0.25) is 5.02 Å². The minimum Gasteiger partial charge on any atom is -0.325 e. The predicted molar refractivity (Wildman–Crippen MR) is 93.6 cm³/mol. The number of hydrogen-bond donors (Lipinski definition) is 1. The second-order valence-electron chi connectivity index (χ2n) is 7.81. The molecule has 0 aromatic heterocycles. The second-order valence-corrected chi connectivity index (χ2v) is 9.92. The standard InChI is InChI=1S/C18H21BrClNO/c1-11-2-3-14(20)5-15(11)21-16(22)17-6-12-4-13(7-17)9-18(19,8-12)10-17/h2-3,5,12-13H,4,6-10H2,1H3,(H,21,22)/t12-,13+,17?,18?. The summed E-state index contributed by atoms with van der Waals surface area (Å²) >= 11 is 10.1. The number of halogens is 2. The molecule has 4 atom stereocenters. The Labute approximate surface area is 145 Å². The fourth-order valence-corrected chi connectivity index (χ4v) is 7.02. The first-order valence-electron chi connectivity index (χ1n) is 8.14. The average molecular weight is 383 g/mol. The van der Waals surface area contributed by atoms with E-state index in [-0.39, 0.29) is 15.6 Å². The van der Waals surface area contributed by atoms with E-state index in [9.17, 15) is 4.79 Å². The van der Waals surface area contributed by atoms with Gasteiger partial charge in [-0.15, -0.1) is 0 Å². The highest BCUT2D eigenvalue weighted by Crippen LogP contribution is 2.64. The van der Waals surface area contributed by atoms with Crippen molar-refractivity contribution in [2.75, 3.05) is 5.32 Å². The summed E-state index contributed by atoms with van der Waals surface area (Å²) in [5.41, 5.74) is 1.75. The van der Waals surface area contributed by atoms with Crippen molar-refractivity contribution in [3.05, 3.63) is 28.8 Å². The molecule has 0 spiro atoms. The highest BCUT2D eigenvalue weighted by molar-refractivity contribution is 9.10. The molecule has 4 aliphatic carbocycles.